The molecular weight excluding hydrogens is 450 g/mol. The van der Waals surface area contributed by atoms with Crippen LogP contribution in [0.25, 0.3) is 0 Å². The molecule has 2 N–H and O–H groups in total. The van der Waals surface area contributed by atoms with E-state index in [9.17, 15) is 18.0 Å². The largest absolute Gasteiger partial charge is 0.352 e. The number of anilines is 1. The van der Waals surface area contributed by atoms with Crippen LogP contribution in [0.15, 0.2) is 53.4 Å². The summed E-state index contributed by atoms with van der Waals surface area (Å²) in [4.78, 5) is 26.4. The summed E-state index contributed by atoms with van der Waals surface area (Å²) in [6.45, 7) is 4.39. The second kappa shape index (κ2) is 10.3. The van der Waals surface area contributed by atoms with E-state index in [2.05, 4.69) is 10.0 Å². The molecule has 34 heavy (non-hydrogen) atoms. The van der Waals surface area contributed by atoms with Crippen molar-refractivity contribution in [1.82, 2.24) is 10.0 Å². The van der Waals surface area contributed by atoms with Crippen LogP contribution in [-0.4, -0.2) is 32.8 Å². The van der Waals surface area contributed by atoms with E-state index < -0.39 is 10.0 Å². The monoisotopic (exact) mass is 483 g/mol. The Labute approximate surface area is 202 Å². The smallest absolute Gasteiger partial charge is 0.240 e. The third-order valence-corrected chi connectivity index (χ3v) is 8.43. The van der Waals surface area contributed by atoms with Crippen LogP contribution in [0.2, 0.25) is 0 Å². The van der Waals surface area contributed by atoms with Crippen LogP contribution in [0.3, 0.4) is 0 Å². The van der Waals surface area contributed by atoms with E-state index >= 15 is 0 Å². The molecule has 1 heterocycles. The summed E-state index contributed by atoms with van der Waals surface area (Å²) in [5.74, 6) is 0.245. The molecule has 1 saturated carbocycles. The fourth-order valence-corrected chi connectivity index (χ4v) is 6.29. The fourth-order valence-electron chi connectivity index (χ4n) is 5.12. The number of hydrogen-bond acceptors (Lipinski definition) is 4. The van der Waals surface area contributed by atoms with E-state index in [1.165, 1.54) is 6.92 Å². The topological polar surface area (TPSA) is 95.6 Å². The number of fused-ring (bicyclic) bond motifs is 1. The van der Waals surface area contributed by atoms with Crippen LogP contribution in [0.1, 0.15) is 50.7 Å². The zero-order chi connectivity index (χ0) is 24.3. The summed E-state index contributed by atoms with van der Waals surface area (Å²) in [5.41, 5.74) is 2.75. The molecule has 0 unspecified atom stereocenters. The first-order valence-corrected chi connectivity index (χ1v) is 13.5. The van der Waals surface area contributed by atoms with Crippen LogP contribution in [0.5, 0.6) is 0 Å². The Morgan fingerprint density at radius 3 is 2.41 bits per heavy atom. The molecule has 2 aliphatic rings. The van der Waals surface area contributed by atoms with Crippen molar-refractivity contribution in [3.8, 4) is 0 Å². The Hall–Kier alpha value is -2.71. The van der Waals surface area contributed by atoms with Gasteiger partial charge in [-0.1, -0.05) is 30.3 Å². The van der Waals surface area contributed by atoms with E-state index in [1.54, 1.807) is 23.1 Å². The number of nitrogens with zero attached hydrogens (tertiary/aromatic N) is 1. The zero-order valence-electron chi connectivity index (χ0n) is 19.8. The van der Waals surface area contributed by atoms with Crippen molar-refractivity contribution in [3.05, 3.63) is 59.7 Å². The van der Waals surface area contributed by atoms with Gasteiger partial charge in [0.05, 0.1) is 4.90 Å². The van der Waals surface area contributed by atoms with Crippen LogP contribution < -0.4 is 14.9 Å². The normalized spacial score (nSPS) is 22.3. The highest BCUT2D eigenvalue weighted by molar-refractivity contribution is 7.89. The van der Waals surface area contributed by atoms with Crippen molar-refractivity contribution in [1.29, 1.82) is 0 Å². The number of hydrogen-bond donors (Lipinski definition) is 2. The Balaban J connectivity index is 1.27. The summed E-state index contributed by atoms with van der Waals surface area (Å²) in [6.07, 6.45) is 3.83. The molecule has 182 valence electrons. The molecule has 0 spiro atoms. The number of rotatable bonds is 7. The van der Waals surface area contributed by atoms with Crippen molar-refractivity contribution in [2.24, 2.45) is 11.8 Å². The van der Waals surface area contributed by atoms with Crippen LogP contribution in [-0.2, 0) is 32.6 Å². The van der Waals surface area contributed by atoms with Crippen molar-refractivity contribution in [3.63, 3.8) is 0 Å². The Kier molecular flexibility index (Phi) is 7.38. The van der Waals surface area contributed by atoms with Crippen molar-refractivity contribution < 1.29 is 18.0 Å². The van der Waals surface area contributed by atoms with Gasteiger partial charge in [0.15, 0.2) is 0 Å². The number of carbonyl (C=O) groups is 2. The van der Waals surface area contributed by atoms with Gasteiger partial charge in [-0.2, -0.15) is 0 Å². The standard InChI is InChI=1S/C26H33N3O4S/c1-18-14-23-15-24(12-13-25(23)29(18)19(2)30)34(32,33)28-17-21-8-10-22(11-9-21)26(31)27-16-20-6-4-3-5-7-20/h3-7,12-13,15,18,21-22,28H,8-11,14,16-17H2,1-2H3,(H,27,31)/t18-,21?,22?/m1/s1. The predicted molar refractivity (Wildman–Crippen MR) is 132 cm³/mol. The highest BCUT2D eigenvalue weighted by Crippen LogP contribution is 2.34. The lowest BCUT2D eigenvalue weighted by Crippen LogP contribution is -2.36. The maximum atomic E-state index is 12.9. The van der Waals surface area contributed by atoms with Gasteiger partial charge < -0.3 is 10.2 Å². The first-order valence-electron chi connectivity index (χ1n) is 12.0. The molecule has 2 aromatic carbocycles. The van der Waals surface area contributed by atoms with E-state index in [1.807, 2.05) is 37.3 Å². The number of benzene rings is 2. The highest BCUT2D eigenvalue weighted by Gasteiger charge is 2.31. The van der Waals surface area contributed by atoms with Crippen LogP contribution in [0.4, 0.5) is 5.69 Å². The first kappa shape index (κ1) is 24.4. The highest BCUT2D eigenvalue weighted by atomic mass is 32.2. The fraction of sp³-hybridized carbons (Fsp3) is 0.462. The second-order valence-corrected chi connectivity index (χ2v) is 11.3. The number of nitrogens with one attached hydrogen (secondary N) is 2. The van der Waals surface area contributed by atoms with Crippen LogP contribution >= 0.6 is 0 Å². The van der Waals surface area contributed by atoms with Crippen molar-refractivity contribution >= 4 is 27.5 Å². The lowest BCUT2D eigenvalue weighted by molar-refractivity contribution is -0.126. The Morgan fingerprint density at radius 1 is 1.03 bits per heavy atom. The Bertz CT molecular complexity index is 1140. The molecule has 1 atom stereocenters. The molecule has 7 nitrogen and oxygen atoms in total. The Morgan fingerprint density at radius 2 is 1.74 bits per heavy atom. The van der Waals surface area contributed by atoms with Gasteiger partial charge in [0.25, 0.3) is 0 Å². The molecule has 0 aromatic heterocycles. The zero-order valence-corrected chi connectivity index (χ0v) is 20.6. The quantitative estimate of drug-likeness (QED) is 0.631. The minimum atomic E-state index is -3.64. The lowest BCUT2D eigenvalue weighted by atomic mass is 9.81. The molecule has 2 amide bonds. The maximum Gasteiger partial charge on any atom is 0.240 e. The number of amides is 2. The summed E-state index contributed by atoms with van der Waals surface area (Å²) in [7, 11) is -3.64. The van der Waals surface area contributed by atoms with E-state index in [4.69, 9.17) is 0 Å². The van der Waals surface area contributed by atoms with Gasteiger partial charge >= 0.3 is 0 Å². The predicted octanol–water partition coefficient (Wildman–Crippen LogP) is 3.39. The summed E-state index contributed by atoms with van der Waals surface area (Å²) < 4.78 is 28.6. The molecule has 2 aromatic rings. The SMILES string of the molecule is CC(=O)N1c2ccc(S(=O)(=O)NCC3CCC(C(=O)NCc4ccccc4)CC3)cc2C[C@H]1C. The molecule has 8 heteroatoms. The number of sulfonamides is 1. The summed E-state index contributed by atoms with van der Waals surface area (Å²) >= 11 is 0. The minimum Gasteiger partial charge on any atom is -0.352 e. The van der Waals surface area contributed by atoms with E-state index in [0.717, 1.165) is 42.5 Å². The maximum absolute atomic E-state index is 12.9. The van der Waals surface area contributed by atoms with Gasteiger partial charge in [-0.3, -0.25) is 9.59 Å². The van der Waals surface area contributed by atoms with Crippen molar-refractivity contribution in [2.75, 3.05) is 11.4 Å². The summed E-state index contributed by atoms with van der Waals surface area (Å²) in [5, 5.41) is 3.02. The molecule has 1 aliphatic carbocycles. The molecule has 1 aliphatic heterocycles. The molecule has 0 bridgehead atoms. The van der Waals surface area contributed by atoms with Gasteiger partial charge in [0, 0.05) is 37.7 Å². The lowest BCUT2D eigenvalue weighted by Gasteiger charge is -2.28. The molecule has 1 fully saturated rings. The van der Waals surface area contributed by atoms with Gasteiger partial charge in [0.2, 0.25) is 21.8 Å². The molecule has 0 saturated heterocycles. The summed E-state index contributed by atoms with van der Waals surface area (Å²) in [6, 6.07) is 14.9. The van der Waals surface area contributed by atoms with E-state index in [-0.39, 0.29) is 34.6 Å². The van der Waals surface area contributed by atoms with Crippen molar-refractivity contribution in [2.45, 2.75) is 63.4 Å². The third kappa shape index (κ3) is 5.50. The first-order chi connectivity index (χ1) is 16.2. The number of carbonyl (C=O) groups excluding carboxylic acids is 2. The third-order valence-electron chi connectivity index (χ3n) is 7.01. The molecular formula is C26H33N3O4S. The minimum absolute atomic E-state index is 0.0144. The van der Waals surface area contributed by atoms with Crippen LogP contribution in [0, 0.1) is 11.8 Å². The van der Waals surface area contributed by atoms with Gasteiger partial charge in [0.1, 0.15) is 0 Å². The molecule has 4 rings (SSSR count). The second-order valence-electron chi connectivity index (χ2n) is 9.51. The van der Waals surface area contributed by atoms with Gasteiger partial charge in [-0.05, 0) is 74.3 Å². The molecule has 0 radical (unpaired) electrons. The van der Waals surface area contributed by atoms with Gasteiger partial charge in [-0.25, -0.2) is 13.1 Å². The average molecular weight is 484 g/mol. The average Bonchev–Trinajstić information content (AvgIpc) is 3.17. The van der Waals surface area contributed by atoms with E-state index in [0.29, 0.717) is 19.5 Å². The van der Waals surface area contributed by atoms with Gasteiger partial charge in [-0.15, -0.1) is 0 Å².